The van der Waals surface area contributed by atoms with Gasteiger partial charge in [0.05, 0.1) is 35.6 Å². The minimum Gasteiger partial charge on any atom is -0.493 e. The summed E-state index contributed by atoms with van der Waals surface area (Å²) >= 11 is 6.41. The van der Waals surface area contributed by atoms with Gasteiger partial charge in [-0.3, -0.25) is 48.2 Å². The van der Waals surface area contributed by atoms with Gasteiger partial charge >= 0.3 is 13.9 Å². The molecule has 0 aromatic heterocycles. The van der Waals surface area contributed by atoms with Gasteiger partial charge in [-0.2, -0.15) is 0 Å². The largest absolute Gasteiger partial charge is 0.524 e. The van der Waals surface area contributed by atoms with Crippen LogP contribution in [0.2, 0.25) is 0 Å². The molecular formula is C62H75ClN7O15P. The predicted octanol–water partition coefficient (Wildman–Crippen LogP) is 7.12. The zero-order chi connectivity index (χ0) is 61.3. The molecule has 1 unspecified atom stereocenters. The number of hydrogen-bond donors (Lipinski definition) is 6. The molecule has 460 valence electrons. The number of benzene rings is 4. The van der Waals surface area contributed by atoms with Gasteiger partial charge in [0.25, 0.3) is 17.7 Å². The number of fused-ring (bicyclic) bond motifs is 5. The fraction of sp³-hybridized carbons (Fsp3) is 0.484. The van der Waals surface area contributed by atoms with E-state index in [4.69, 9.17) is 31.3 Å². The maximum atomic E-state index is 14.2. The number of amides is 7. The minimum atomic E-state index is -4.92. The van der Waals surface area contributed by atoms with E-state index in [9.17, 15) is 57.8 Å². The molecule has 1 aliphatic carbocycles. The molecule has 0 spiro atoms. The number of alkyl halides is 1. The van der Waals surface area contributed by atoms with E-state index < -0.39 is 49.5 Å². The third-order valence-corrected chi connectivity index (χ3v) is 17.8. The summed E-state index contributed by atoms with van der Waals surface area (Å²) in [7, 11) is -4.92. The Morgan fingerprint density at radius 2 is 1.55 bits per heavy atom. The number of anilines is 2. The number of phosphoric acid groups is 1. The van der Waals surface area contributed by atoms with E-state index in [1.54, 1.807) is 71.3 Å². The summed E-state index contributed by atoms with van der Waals surface area (Å²) in [5, 5.41) is 18.9. The van der Waals surface area contributed by atoms with Crippen LogP contribution in [0.15, 0.2) is 78.9 Å². The highest BCUT2D eigenvalue weighted by Gasteiger charge is 2.51. The SMILES string of the molecule is Cc1cc2c(cc1OCCCCCC(=O)N1C[C@@H](CCl)c3c1cc(OP(=O)(O)O)c1ccccc31)N(C(=O)OCc1ccc(CC(=O)[C@H](CCCCN)NC(=O)C3(C(=O)NCCCCCN4C(=O)C=CC4=O)CCC3)cc1)C(O)[C@@H]1CCCN1C2=O. The molecule has 7 N–H and O–H groups in total. The number of aryl methyl sites for hydroxylation is 1. The first-order valence-electron chi connectivity index (χ1n) is 29.7. The lowest BCUT2D eigenvalue weighted by Gasteiger charge is -2.39. The van der Waals surface area contributed by atoms with Gasteiger partial charge in [0.15, 0.2) is 12.0 Å². The number of imide groups is 1. The Bertz CT molecular complexity index is 3300. The summed E-state index contributed by atoms with van der Waals surface area (Å²) in [6.45, 7) is 3.50. The second kappa shape index (κ2) is 28.1. The van der Waals surface area contributed by atoms with Crippen molar-refractivity contribution in [3.8, 4) is 11.5 Å². The van der Waals surface area contributed by atoms with Gasteiger partial charge < -0.3 is 45.3 Å². The molecule has 4 aliphatic heterocycles. The lowest BCUT2D eigenvalue weighted by molar-refractivity contribution is -0.151. The number of rotatable bonds is 28. The van der Waals surface area contributed by atoms with Crippen LogP contribution in [0.1, 0.15) is 135 Å². The number of nitrogens with zero attached hydrogens (tertiary/aromatic N) is 4. The molecule has 4 aromatic carbocycles. The first-order chi connectivity index (χ1) is 41.3. The van der Waals surface area contributed by atoms with Gasteiger partial charge in [0.2, 0.25) is 17.7 Å². The number of aliphatic hydroxyl groups excluding tert-OH is 1. The molecule has 1 saturated carbocycles. The fourth-order valence-corrected chi connectivity index (χ4v) is 12.8. The van der Waals surface area contributed by atoms with E-state index in [1.807, 2.05) is 6.07 Å². The maximum absolute atomic E-state index is 14.2. The van der Waals surface area contributed by atoms with Crippen molar-refractivity contribution < 1.29 is 71.8 Å². The van der Waals surface area contributed by atoms with E-state index in [0.29, 0.717) is 155 Å². The molecule has 24 heteroatoms. The quantitative estimate of drug-likeness (QED) is 0.0108. The Hall–Kier alpha value is -7.20. The van der Waals surface area contributed by atoms with Gasteiger partial charge in [0, 0.05) is 80.5 Å². The van der Waals surface area contributed by atoms with Crippen LogP contribution < -0.4 is 35.4 Å². The number of nitrogens with one attached hydrogen (secondary N) is 2. The second-order valence-corrected chi connectivity index (χ2v) is 24.3. The summed E-state index contributed by atoms with van der Waals surface area (Å²) in [6.07, 6.45) is 7.74. The van der Waals surface area contributed by atoms with Gasteiger partial charge in [-0.15, -0.1) is 11.6 Å². The number of halogens is 1. The number of carbonyl (C=O) groups excluding carboxylic acids is 8. The Kier molecular flexibility index (Phi) is 20.7. The molecule has 7 amide bonds. The number of Topliss-reactive ketones (excluding diaryl/α,β-unsaturated/α-hetero) is 1. The zero-order valence-electron chi connectivity index (χ0n) is 48.2. The van der Waals surface area contributed by atoms with Crippen molar-refractivity contribution in [3.05, 3.63) is 107 Å². The highest BCUT2D eigenvalue weighted by atomic mass is 35.5. The van der Waals surface area contributed by atoms with Crippen LogP contribution in [0.3, 0.4) is 0 Å². The maximum Gasteiger partial charge on any atom is 0.524 e. The number of aliphatic hydroxyl groups is 1. The first-order valence-corrected chi connectivity index (χ1v) is 31.7. The van der Waals surface area contributed by atoms with Crippen LogP contribution in [0, 0.1) is 12.3 Å². The smallest absolute Gasteiger partial charge is 0.493 e. The van der Waals surface area contributed by atoms with Gasteiger partial charge in [-0.25, -0.2) is 14.3 Å². The number of nitrogens with two attached hydrogens (primary N) is 1. The van der Waals surface area contributed by atoms with Crippen LogP contribution in [0.5, 0.6) is 11.5 Å². The average Bonchev–Trinajstić information content (AvgIpc) is 1.62. The zero-order valence-corrected chi connectivity index (χ0v) is 49.9. The normalized spacial score (nSPS) is 19.0. The number of carbonyl (C=O) groups is 8. The van der Waals surface area contributed by atoms with Crippen molar-refractivity contribution >= 4 is 88.9 Å². The van der Waals surface area contributed by atoms with Crippen molar-refractivity contribution in [2.75, 3.05) is 55.0 Å². The Balaban J connectivity index is 0.783. The van der Waals surface area contributed by atoms with Gasteiger partial charge in [0.1, 0.15) is 23.5 Å². The molecule has 0 bridgehead atoms. The highest BCUT2D eigenvalue weighted by molar-refractivity contribution is 7.46. The van der Waals surface area contributed by atoms with Crippen molar-refractivity contribution in [3.63, 3.8) is 0 Å². The molecule has 1 saturated heterocycles. The Morgan fingerprint density at radius 1 is 0.837 bits per heavy atom. The molecule has 4 aromatic rings. The van der Waals surface area contributed by atoms with Crippen LogP contribution >= 0.6 is 19.4 Å². The third-order valence-electron chi connectivity index (χ3n) is 17.0. The van der Waals surface area contributed by atoms with E-state index in [1.165, 1.54) is 23.1 Å². The van der Waals surface area contributed by atoms with Crippen molar-refractivity contribution in [2.45, 2.75) is 140 Å². The number of ether oxygens (including phenoxy) is 2. The highest BCUT2D eigenvalue weighted by Crippen LogP contribution is 2.49. The van der Waals surface area contributed by atoms with E-state index in [2.05, 4.69) is 10.6 Å². The van der Waals surface area contributed by atoms with E-state index in [-0.39, 0.29) is 90.8 Å². The molecule has 5 aliphatic rings. The molecule has 0 radical (unpaired) electrons. The monoisotopic (exact) mass is 1220 g/mol. The van der Waals surface area contributed by atoms with Crippen molar-refractivity contribution in [1.82, 2.24) is 20.4 Å². The Labute approximate surface area is 503 Å². The van der Waals surface area contributed by atoms with E-state index >= 15 is 0 Å². The molecule has 9 rings (SSSR count). The van der Waals surface area contributed by atoms with Crippen molar-refractivity contribution in [2.24, 2.45) is 11.1 Å². The van der Waals surface area contributed by atoms with Gasteiger partial charge in [-0.1, -0.05) is 55.0 Å². The number of unbranched alkanes of at least 4 members (excludes halogenated alkanes) is 5. The summed E-state index contributed by atoms with van der Waals surface area (Å²) in [5.41, 5.74) is 7.96. The molecule has 22 nitrogen and oxygen atoms in total. The first kappa shape index (κ1) is 63.3. The average molecular weight is 1220 g/mol. The third kappa shape index (κ3) is 14.3. The van der Waals surface area contributed by atoms with Crippen LogP contribution in [0.25, 0.3) is 10.8 Å². The fourth-order valence-electron chi connectivity index (χ4n) is 12.2. The molecule has 4 heterocycles. The Morgan fingerprint density at radius 3 is 2.24 bits per heavy atom. The standard InChI is InChI=1S/C62H75ClN7O15P/c1-39-32-45-48(34-51(39)83-31-11-2-4-18-53(72)69-37-42(36-63)56-44-15-6-5-14-43(44)52(35-49(56)69)85-86(80,81)82)70(58(76)47-17-12-30-67(47)57(45)75)61(79)84-38-41-21-19-40(20-22-41)33-50(71)46(16-7-8-27-64)66-60(78)62(25-13-26-62)59(77)65-28-9-3-10-29-68-54(73)23-24-55(68)74/h5-6,14-15,19-24,32,34-35,42,46-47,58,76H,2-4,7-13,16-18,25-31,33,36-38,64H2,1H3,(H,65,77)(H,66,78)(H2,80,81,82)/t42-,46+,47+,58?/m1/s1. The summed E-state index contributed by atoms with van der Waals surface area (Å²) < 4.78 is 29.1. The lowest BCUT2D eigenvalue weighted by atomic mass is 9.67. The van der Waals surface area contributed by atoms with E-state index in [0.717, 1.165) is 10.5 Å². The lowest BCUT2D eigenvalue weighted by Crippen LogP contribution is -2.58. The second-order valence-electron chi connectivity index (χ2n) is 22.8. The molecule has 86 heavy (non-hydrogen) atoms. The number of ketones is 1. The topological polar surface area (TPSA) is 305 Å². The minimum absolute atomic E-state index is 0.0315. The van der Waals surface area contributed by atoms with Crippen molar-refractivity contribution in [1.29, 1.82) is 0 Å². The summed E-state index contributed by atoms with van der Waals surface area (Å²) in [6, 6.07) is 17.1. The molecule has 2 fully saturated rings. The van der Waals surface area contributed by atoms with Crippen LogP contribution in [-0.4, -0.2) is 136 Å². The predicted molar refractivity (Wildman–Crippen MR) is 319 cm³/mol. The van der Waals surface area contributed by atoms with Gasteiger partial charge in [-0.05, 0) is 131 Å². The molecular weight excluding hydrogens is 1150 g/mol. The number of hydrogen-bond acceptors (Lipinski definition) is 14. The van der Waals surface area contributed by atoms with Crippen LogP contribution in [0.4, 0.5) is 16.2 Å². The summed E-state index contributed by atoms with van der Waals surface area (Å²) in [4.78, 5) is 132. The van der Waals surface area contributed by atoms with Crippen LogP contribution in [-0.2, 0) is 51.1 Å². The number of phosphoric ester groups is 1. The molecule has 4 atom stereocenters. The summed E-state index contributed by atoms with van der Waals surface area (Å²) in [5.74, 6) is -1.97.